The fourth-order valence-corrected chi connectivity index (χ4v) is 3.80. The van der Waals surface area contributed by atoms with E-state index in [0.717, 1.165) is 43.4 Å². The number of hydrogen-bond acceptors (Lipinski definition) is 4. The highest BCUT2D eigenvalue weighted by Crippen LogP contribution is 2.33. The molecule has 1 saturated heterocycles. The number of aromatic nitrogens is 3. The lowest BCUT2D eigenvalue weighted by atomic mass is 9.89. The minimum atomic E-state index is 0.121. The number of benzene rings is 1. The zero-order chi connectivity index (χ0) is 20.1. The highest BCUT2D eigenvalue weighted by molar-refractivity contribution is 5.79. The van der Waals surface area contributed by atoms with Gasteiger partial charge in [-0.25, -0.2) is 0 Å². The summed E-state index contributed by atoms with van der Waals surface area (Å²) in [4.78, 5) is 4.36. The summed E-state index contributed by atoms with van der Waals surface area (Å²) in [7, 11) is 1.78. The van der Waals surface area contributed by atoms with E-state index in [1.165, 1.54) is 11.1 Å². The summed E-state index contributed by atoms with van der Waals surface area (Å²) >= 11 is 0. The molecule has 0 saturated carbocycles. The molecule has 3 heterocycles. The highest BCUT2D eigenvalue weighted by Gasteiger charge is 2.27. The number of aliphatic imine (C=N–C) groups is 1. The van der Waals surface area contributed by atoms with Gasteiger partial charge in [-0.3, -0.25) is 9.39 Å². The van der Waals surface area contributed by atoms with Crippen molar-refractivity contribution in [3.63, 3.8) is 0 Å². The third-order valence-electron chi connectivity index (χ3n) is 5.40. The van der Waals surface area contributed by atoms with E-state index in [9.17, 15) is 0 Å². The van der Waals surface area contributed by atoms with Crippen molar-refractivity contribution in [2.24, 2.45) is 10.9 Å². The SMILES string of the molecule is CN=C(NCc1nnc2ccccn12)NCC1CCCOC1c1ccc(C)cc1. The van der Waals surface area contributed by atoms with Gasteiger partial charge >= 0.3 is 0 Å². The number of pyridine rings is 1. The molecule has 3 aromatic rings. The van der Waals surface area contributed by atoms with E-state index in [1.807, 2.05) is 28.8 Å². The molecule has 0 radical (unpaired) electrons. The van der Waals surface area contributed by atoms with Crippen LogP contribution in [0.2, 0.25) is 0 Å². The van der Waals surface area contributed by atoms with Gasteiger partial charge in [0.2, 0.25) is 0 Å². The van der Waals surface area contributed by atoms with E-state index < -0.39 is 0 Å². The van der Waals surface area contributed by atoms with Gasteiger partial charge in [-0.15, -0.1) is 10.2 Å². The molecule has 0 spiro atoms. The molecule has 2 unspecified atom stereocenters. The summed E-state index contributed by atoms with van der Waals surface area (Å²) in [6.07, 6.45) is 4.31. The minimum Gasteiger partial charge on any atom is -0.373 e. The first kappa shape index (κ1) is 19.4. The molecule has 0 amide bonds. The molecule has 0 aliphatic carbocycles. The van der Waals surface area contributed by atoms with Crippen LogP contribution in [0.25, 0.3) is 5.65 Å². The van der Waals surface area contributed by atoms with Crippen LogP contribution in [0.3, 0.4) is 0 Å². The van der Waals surface area contributed by atoms with Crippen LogP contribution in [0.5, 0.6) is 0 Å². The first-order valence-corrected chi connectivity index (χ1v) is 10.2. The van der Waals surface area contributed by atoms with E-state index >= 15 is 0 Å². The summed E-state index contributed by atoms with van der Waals surface area (Å²) in [5.41, 5.74) is 3.36. The number of hydrogen-bond donors (Lipinski definition) is 2. The van der Waals surface area contributed by atoms with Crippen molar-refractivity contribution >= 4 is 11.6 Å². The van der Waals surface area contributed by atoms with Crippen molar-refractivity contribution in [2.45, 2.75) is 32.4 Å². The Labute approximate surface area is 171 Å². The molecule has 7 nitrogen and oxygen atoms in total. The number of ether oxygens (including phenoxy) is 1. The topological polar surface area (TPSA) is 75.8 Å². The molecule has 1 aliphatic heterocycles. The Balaban J connectivity index is 1.36. The molecule has 4 rings (SSSR count). The summed E-state index contributed by atoms with van der Waals surface area (Å²) in [5.74, 6) is 2.01. The number of rotatable bonds is 5. The largest absolute Gasteiger partial charge is 0.373 e. The van der Waals surface area contributed by atoms with E-state index in [-0.39, 0.29) is 6.10 Å². The highest BCUT2D eigenvalue weighted by atomic mass is 16.5. The maximum Gasteiger partial charge on any atom is 0.191 e. The zero-order valence-electron chi connectivity index (χ0n) is 17.0. The van der Waals surface area contributed by atoms with E-state index in [1.54, 1.807) is 7.05 Å². The third-order valence-corrected chi connectivity index (χ3v) is 5.40. The molecule has 7 heteroatoms. The molecular weight excluding hydrogens is 364 g/mol. The molecule has 2 N–H and O–H groups in total. The van der Waals surface area contributed by atoms with Gasteiger partial charge in [-0.1, -0.05) is 35.9 Å². The third kappa shape index (κ3) is 4.56. The molecular formula is C22H28N6O. The lowest BCUT2D eigenvalue weighted by molar-refractivity contribution is -0.0265. The van der Waals surface area contributed by atoms with E-state index in [4.69, 9.17) is 4.74 Å². The summed E-state index contributed by atoms with van der Waals surface area (Å²) in [6, 6.07) is 14.5. The smallest absolute Gasteiger partial charge is 0.191 e. The second-order valence-electron chi connectivity index (χ2n) is 7.46. The zero-order valence-corrected chi connectivity index (χ0v) is 17.0. The van der Waals surface area contributed by atoms with Gasteiger partial charge in [0.1, 0.15) is 0 Å². The van der Waals surface area contributed by atoms with Gasteiger partial charge in [0.25, 0.3) is 0 Å². The summed E-state index contributed by atoms with van der Waals surface area (Å²) < 4.78 is 8.10. The molecule has 29 heavy (non-hydrogen) atoms. The molecule has 0 bridgehead atoms. The van der Waals surface area contributed by atoms with E-state index in [2.05, 4.69) is 57.0 Å². The lowest BCUT2D eigenvalue weighted by Gasteiger charge is -2.32. The van der Waals surface area contributed by atoms with Gasteiger partial charge in [0.05, 0.1) is 12.6 Å². The number of nitrogens with zero attached hydrogens (tertiary/aromatic N) is 4. The molecule has 1 fully saturated rings. The monoisotopic (exact) mass is 392 g/mol. The van der Waals surface area contributed by atoms with Crippen LogP contribution < -0.4 is 10.6 Å². The molecule has 1 aromatic carbocycles. The van der Waals surface area contributed by atoms with Crippen LogP contribution >= 0.6 is 0 Å². The molecule has 1 aliphatic rings. The maximum atomic E-state index is 6.13. The quantitative estimate of drug-likeness (QED) is 0.516. The van der Waals surface area contributed by atoms with E-state index in [0.29, 0.717) is 12.5 Å². The Morgan fingerprint density at radius 3 is 2.86 bits per heavy atom. The molecule has 2 aromatic heterocycles. The average molecular weight is 393 g/mol. The average Bonchev–Trinajstić information content (AvgIpc) is 3.18. The predicted molar refractivity (Wildman–Crippen MR) is 114 cm³/mol. The number of aryl methyl sites for hydroxylation is 1. The van der Waals surface area contributed by atoms with Crippen molar-refractivity contribution in [1.82, 2.24) is 25.2 Å². The Bertz CT molecular complexity index is 965. The van der Waals surface area contributed by atoms with Crippen LogP contribution in [0, 0.1) is 12.8 Å². The van der Waals surface area contributed by atoms with Gasteiger partial charge in [-0.2, -0.15) is 0 Å². The van der Waals surface area contributed by atoms with Gasteiger partial charge in [-0.05, 0) is 37.5 Å². The Kier molecular flexibility index (Phi) is 6.05. The van der Waals surface area contributed by atoms with Crippen LogP contribution in [-0.4, -0.2) is 40.8 Å². The van der Waals surface area contributed by atoms with Crippen LogP contribution in [-0.2, 0) is 11.3 Å². The molecule has 152 valence electrons. The summed E-state index contributed by atoms with van der Waals surface area (Å²) in [6.45, 7) is 4.28. The van der Waals surface area contributed by atoms with Gasteiger partial charge in [0.15, 0.2) is 17.4 Å². The van der Waals surface area contributed by atoms with Crippen molar-refractivity contribution in [3.05, 3.63) is 65.6 Å². The first-order chi connectivity index (χ1) is 14.2. The van der Waals surface area contributed by atoms with Gasteiger partial charge in [0, 0.05) is 32.3 Å². The maximum absolute atomic E-state index is 6.13. The lowest BCUT2D eigenvalue weighted by Crippen LogP contribution is -2.41. The summed E-state index contributed by atoms with van der Waals surface area (Å²) in [5, 5.41) is 15.2. The minimum absolute atomic E-state index is 0.121. The Morgan fingerprint density at radius 1 is 1.17 bits per heavy atom. The first-order valence-electron chi connectivity index (χ1n) is 10.2. The van der Waals surface area contributed by atoms with Crippen molar-refractivity contribution in [2.75, 3.05) is 20.2 Å². The second kappa shape index (κ2) is 9.05. The predicted octanol–water partition coefficient (Wildman–Crippen LogP) is 2.87. The van der Waals surface area contributed by atoms with Crippen molar-refractivity contribution in [3.8, 4) is 0 Å². The number of nitrogens with one attached hydrogen (secondary N) is 2. The van der Waals surface area contributed by atoms with Crippen molar-refractivity contribution < 1.29 is 4.74 Å². The fraction of sp³-hybridized carbons (Fsp3) is 0.409. The van der Waals surface area contributed by atoms with Crippen LogP contribution in [0.1, 0.15) is 35.9 Å². The number of fused-ring (bicyclic) bond motifs is 1. The Morgan fingerprint density at radius 2 is 2.03 bits per heavy atom. The standard InChI is InChI=1S/C22H28N6O/c1-16-8-10-17(11-9-16)21-18(6-5-13-29-21)14-24-22(23-2)25-15-20-27-26-19-7-3-4-12-28(19)20/h3-4,7-12,18,21H,5-6,13-15H2,1-2H3,(H2,23,24,25). The van der Waals surface area contributed by atoms with Crippen LogP contribution in [0.15, 0.2) is 53.7 Å². The fourth-order valence-electron chi connectivity index (χ4n) is 3.80. The normalized spacial score (nSPS) is 20.0. The second-order valence-corrected chi connectivity index (χ2v) is 7.46. The number of guanidine groups is 1. The molecule has 2 atom stereocenters. The van der Waals surface area contributed by atoms with Crippen LogP contribution in [0.4, 0.5) is 0 Å². The van der Waals surface area contributed by atoms with Crippen molar-refractivity contribution in [1.29, 1.82) is 0 Å². The Hall–Kier alpha value is -2.93. The van der Waals surface area contributed by atoms with Gasteiger partial charge < -0.3 is 15.4 Å².